The molecule has 1 saturated heterocycles. The lowest BCUT2D eigenvalue weighted by Crippen LogP contribution is -2.56. The molecule has 2 rings (SSSR count). The summed E-state index contributed by atoms with van der Waals surface area (Å²) in [6.45, 7) is 2.17. The Morgan fingerprint density at radius 1 is 1.35 bits per heavy atom. The molecule has 1 aliphatic rings. The van der Waals surface area contributed by atoms with Crippen molar-refractivity contribution in [2.45, 2.75) is 25.4 Å². The zero-order valence-corrected chi connectivity index (χ0v) is 12.7. The molecule has 1 fully saturated rings. The van der Waals surface area contributed by atoms with Gasteiger partial charge in [-0.2, -0.15) is 11.8 Å². The molecule has 1 aromatic carbocycles. The Morgan fingerprint density at radius 3 is 2.70 bits per heavy atom. The molecule has 0 aliphatic carbocycles. The third-order valence-corrected chi connectivity index (χ3v) is 4.20. The van der Waals surface area contributed by atoms with E-state index >= 15 is 0 Å². The van der Waals surface area contributed by atoms with Gasteiger partial charge in [0.2, 0.25) is 5.91 Å². The van der Waals surface area contributed by atoms with E-state index in [0.29, 0.717) is 0 Å². The highest BCUT2D eigenvalue weighted by Crippen LogP contribution is 2.21. The van der Waals surface area contributed by atoms with Crippen molar-refractivity contribution in [2.24, 2.45) is 0 Å². The number of carbonyl (C=O) groups is 2. The summed E-state index contributed by atoms with van der Waals surface area (Å²) in [6, 6.07) is 8.95. The second-order valence-corrected chi connectivity index (χ2v) is 5.99. The van der Waals surface area contributed by atoms with E-state index in [9.17, 15) is 9.59 Å². The number of hydrogen-bond acceptors (Lipinski definition) is 3. The van der Waals surface area contributed by atoms with Crippen LogP contribution in [0.5, 0.6) is 0 Å². The van der Waals surface area contributed by atoms with Gasteiger partial charge >= 0.3 is 0 Å². The van der Waals surface area contributed by atoms with Crippen LogP contribution >= 0.6 is 11.8 Å². The third-order valence-electron chi connectivity index (χ3n) is 3.55. The van der Waals surface area contributed by atoms with E-state index in [1.165, 1.54) is 0 Å². The molecule has 1 heterocycles. The van der Waals surface area contributed by atoms with Crippen molar-refractivity contribution in [2.75, 3.05) is 18.6 Å². The first-order valence-electron chi connectivity index (χ1n) is 6.77. The third kappa shape index (κ3) is 3.33. The summed E-state index contributed by atoms with van der Waals surface area (Å²) in [5.74, 6) is 0.890. The molecule has 1 N–H and O–H groups in total. The molecule has 1 aliphatic heterocycles. The summed E-state index contributed by atoms with van der Waals surface area (Å²) in [6.07, 6.45) is 2.95. The van der Waals surface area contributed by atoms with Crippen LogP contribution < -0.4 is 5.32 Å². The maximum absolute atomic E-state index is 12.6. The minimum Gasteiger partial charge on any atom is -0.339 e. The zero-order valence-electron chi connectivity index (χ0n) is 11.8. The molecule has 1 aromatic rings. The van der Waals surface area contributed by atoms with Crippen LogP contribution in [0.25, 0.3) is 0 Å². The lowest BCUT2D eigenvalue weighted by atomic mass is 10.0. The maximum atomic E-state index is 12.6. The topological polar surface area (TPSA) is 49.4 Å². The number of thioether (sulfide) groups is 1. The van der Waals surface area contributed by atoms with Crippen LogP contribution in [0.4, 0.5) is 0 Å². The molecule has 20 heavy (non-hydrogen) atoms. The lowest BCUT2D eigenvalue weighted by Gasteiger charge is -2.36. The number of nitrogens with one attached hydrogen (secondary N) is 1. The summed E-state index contributed by atoms with van der Waals surface area (Å²) in [5, 5.41) is 2.79. The average molecular weight is 292 g/mol. The first-order chi connectivity index (χ1) is 9.63. The fourth-order valence-corrected chi connectivity index (χ4v) is 2.93. The summed E-state index contributed by atoms with van der Waals surface area (Å²) < 4.78 is 0. The summed E-state index contributed by atoms with van der Waals surface area (Å²) in [5.41, 5.74) is 0.840. The Balaban J connectivity index is 2.15. The molecular formula is C15H20N2O2S. The molecule has 0 bridgehead atoms. The molecule has 2 amide bonds. The second-order valence-electron chi connectivity index (χ2n) is 5.01. The average Bonchev–Trinajstić information content (AvgIpc) is 2.47. The fourth-order valence-electron chi connectivity index (χ4n) is 2.36. The zero-order chi connectivity index (χ0) is 14.5. The van der Waals surface area contributed by atoms with E-state index in [-0.39, 0.29) is 24.4 Å². The lowest BCUT2D eigenvalue weighted by molar-refractivity contribution is -0.146. The standard InChI is InChI=1S/C15H20N2O2S/c1-11(8-9-20-2)17-10-13(18)16-14(15(17)19)12-6-4-3-5-7-12/h3-7,11,14H,8-10H2,1-2H3,(H,16,18). The van der Waals surface area contributed by atoms with Gasteiger partial charge < -0.3 is 10.2 Å². The number of amides is 2. The molecule has 0 saturated carbocycles. The van der Waals surface area contributed by atoms with Gasteiger partial charge in [0.1, 0.15) is 6.04 Å². The van der Waals surface area contributed by atoms with Crippen molar-refractivity contribution in [1.82, 2.24) is 10.2 Å². The van der Waals surface area contributed by atoms with Gasteiger partial charge in [0.05, 0.1) is 6.54 Å². The van der Waals surface area contributed by atoms with Gasteiger partial charge in [0.15, 0.2) is 0 Å². The maximum Gasteiger partial charge on any atom is 0.250 e. The molecule has 0 aromatic heterocycles. The first kappa shape index (κ1) is 14.9. The Kier molecular flexibility index (Phi) is 5.06. The van der Waals surface area contributed by atoms with Gasteiger partial charge in [-0.15, -0.1) is 0 Å². The molecule has 0 radical (unpaired) electrons. The van der Waals surface area contributed by atoms with Crippen LogP contribution in [-0.2, 0) is 9.59 Å². The predicted octanol–water partition coefficient (Wildman–Crippen LogP) is 1.83. The van der Waals surface area contributed by atoms with Crippen molar-refractivity contribution in [1.29, 1.82) is 0 Å². The SMILES string of the molecule is CSCCC(C)N1CC(=O)NC(c2ccccc2)C1=O. The van der Waals surface area contributed by atoms with E-state index in [1.54, 1.807) is 16.7 Å². The minimum atomic E-state index is -0.547. The van der Waals surface area contributed by atoms with Gasteiger partial charge in [0, 0.05) is 6.04 Å². The van der Waals surface area contributed by atoms with E-state index < -0.39 is 6.04 Å². The smallest absolute Gasteiger partial charge is 0.250 e. The Morgan fingerprint density at radius 2 is 2.05 bits per heavy atom. The molecule has 5 heteroatoms. The molecular weight excluding hydrogens is 272 g/mol. The number of benzene rings is 1. The Bertz CT molecular complexity index is 478. The van der Waals surface area contributed by atoms with E-state index in [0.717, 1.165) is 17.7 Å². The summed E-state index contributed by atoms with van der Waals surface area (Å²) >= 11 is 1.75. The minimum absolute atomic E-state index is 0.00981. The number of rotatable bonds is 5. The monoisotopic (exact) mass is 292 g/mol. The first-order valence-corrected chi connectivity index (χ1v) is 8.16. The van der Waals surface area contributed by atoms with Crippen LogP contribution in [0.2, 0.25) is 0 Å². The molecule has 0 spiro atoms. The van der Waals surface area contributed by atoms with Crippen LogP contribution in [0.3, 0.4) is 0 Å². The van der Waals surface area contributed by atoms with Crippen LogP contribution in [0, 0.1) is 0 Å². The normalized spacial score (nSPS) is 20.7. The van der Waals surface area contributed by atoms with Crippen LogP contribution in [0.15, 0.2) is 30.3 Å². The van der Waals surface area contributed by atoms with Crippen molar-refractivity contribution in [3.8, 4) is 0 Å². The van der Waals surface area contributed by atoms with Crippen LogP contribution in [0.1, 0.15) is 24.9 Å². The fraction of sp³-hybridized carbons (Fsp3) is 0.467. The van der Waals surface area contributed by atoms with Crippen molar-refractivity contribution < 1.29 is 9.59 Å². The number of carbonyl (C=O) groups excluding carboxylic acids is 2. The highest BCUT2D eigenvalue weighted by molar-refractivity contribution is 7.98. The number of nitrogens with zero attached hydrogens (tertiary/aromatic N) is 1. The summed E-state index contributed by atoms with van der Waals surface area (Å²) in [4.78, 5) is 26.2. The number of hydrogen-bond donors (Lipinski definition) is 1. The van der Waals surface area contributed by atoms with Crippen molar-refractivity contribution >= 4 is 23.6 Å². The quantitative estimate of drug-likeness (QED) is 0.900. The number of piperazine rings is 1. The Labute approximate surface area is 123 Å². The molecule has 2 atom stereocenters. The van der Waals surface area contributed by atoms with E-state index in [2.05, 4.69) is 5.32 Å². The van der Waals surface area contributed by atoms with E-state index in [1.807, 2.05) is 43.5 Å². The van der Waals surface area contributed by atoms with Gasteiger partial charge in [-0.05, 0) is 30.9 Å². The second kappa shape index (κ2) is 6.79. The van der Waals surface area contributed by atoms with Crippen molar-refractivity contribution in [3.63, 3.8) is 0 Å². The van der Waals surface area contributed by atoms with Gasteiger partial charge in [-0.3, -0.25) is 9.59 Å². The largest absolute Gasteiger partial charge is 0.339 e. The molecule has 108 valence electrons. The predicted molar refractivity (Wildman–Crippen MR) is 81.5 cm³/mol. The van der Waals surface area contributed by atoms with E-state index in [4.69, 9.17) is 0 Å². The van der Waals surface area contributed by atoms with Crippen molar-refractivity contribution in [3.05, 3.63) is 35.9 Å². The van der Waals surface area contributed by atoms with Gasteiger partial charge in [0.25, 0.3) is 5.91 Å². The highest BCUT2D eigenvalue weighted by atomic mass is 32.2. The Hall–Kier alpha value is -1.49. The van der Waals surface area contributed by atoms with Crippen LogP contribution in [-0.4, -0.2) is 41.3 Å². The summed E-state index contributed by atoms with van der Waals surface area (Å²) in [7, 11) is 0. The molecule has 4 nitrogen and oxygen atoms in total. The van der Waals surface area contributed by atoms with Gasteiger partial charge in [-0.1, -0.05) is 30.3 Å². The molecule has 2 unspecified atom stereocenters. The highest BCUT2D eigenvalue weighted by Gasteiger charge is 2.35. The van der Waals surface area contributed by atoms with Gasteiger partial charge in [-0.25, -0.2) is 0 Å².